The Morgan fingerprint density at radius 1 is 1.36 bits per heavy atom. The number of carbonyl (C=O) groups excluding carboxylic acids is 1. The molecule has 0 unspecified atom stereocenters. The number of ketones is 1. The molecule has 1 aromatic rings. The predicted octanol–water partition coefficient (Wildman–Crippen LogP) is 1.78. The van der Waals surface area contributed by atoms with Gasteiger partial charge in [-0.25, -0.2) is 0 Å². The van der Waals surface area contributed by atoms with Crippen molar-refractivity contribution in [1.82, 2.24) is 10.2 Å². The summed E-state index contributed by atoms with van der Waals surface area (Å²) < 4.78 is 35.7. The molecule has 0 aliphatic carbocycles. The lowest BCUT2D eigenvalue weighted by molar-refractivity contribution is -0.0888. The molecule has 76 valence electrons. The van der Waals surface area contributed by atoms with E-state index in [1.54, 1.807) is 6.92 Å². The lowest BCUT2D eigenvalue weighted by atomic mass is 10.2. The summed E-state index contributed by atoms with van der Waals surface area (Å²) in [5.41, 5.74) is -0.126. The highest BCUT2D eigenvalue weighted by molar-refractivity contribution is 5.98. The van der Waals surface area contributed by atoms with Crippen molar-refractivity contribution >= 4 is 5.78 Å². The monoisotopic (exact) mass is 204 g/mol. The highest BCUT2D eigenvalue weighted by Gasteiger charge is 2.40. The van der Waals surface area contributed by atoms with Crippen molar-refractivity contribution in [1.29, 1.82) is 0 Å². The van der Waals surface area contributed by atoms with Crippen LogP contribution in [-0.4, -0.2) is 22.2 Å². The number of Topliss-reactive ketones (excluding diaryl/α,β-unsaturated/α-hetero) is 1. The number of carbonyl (C=O) groups is 1. The van der Waals surface area contributed by atoms with Crippen molar-refractivity contribution in [3.63, 3.8) is 0 Å². The van der Waals surface area contributed by atoms with Gasteiger partial charge in [0.25, 0.3) is 5.78 Å². The van der Waals surface area contributed by atoms with Gasteiger partial charge in [0.15, 0.2) is 0 Å². The van der Waals surface area contributed by atoms with Crippen LogP contribution in [0.2, 0.25) is 0 Å². The number of aromatic nitrogens is 2. The molecule has 0 amide bonds. The SMILES string of the molecule is CCc1ccc(C(=O)C(F)(F)F)nn1. The van der Waals surface area contributed by atoms with Crippen molar-refractivity contribution in [2.75, 3.05) is 0 Å². The summed E-state index contributed by atoms with van der Waals surface area (Å²) in [5, 5.41) is 6.66. The molecule has 1 rings (SSSR count). The van der Waals surface area contributed by atoms with Crippen molar-refractivity contribution in [2.24, 2.45) is 0 Å². The van der Waals surface area contributed by atoms with Gasteiger partial charge in [-0.05, 0) is 18.6 Å². The third-order valence-corrected chi connectivity index (χ3v) is 1.57. The number of aryl methyl sites for hydroxylation is 1. The third-order valence-electron chi connectivity index (χ3n) is 1.57. The first-order chi connectivity index (χ1) is 6.45. The van der Waals surface area contributed by atoms with Gasteiger partial charge in [0.2, 0.25) is 0 Å². The summed E-state index contributed by atoms with van der Waals surface area (Å²) in [6.07, 6.45) is -4.32. The standard InChI is InChI=1S/C8H7F3N2O/c1-2-5-3-4-6(13-12-5)7(14)8(9,10)11/h3-4H,2H2,1H3. The lowest BCUT2D eigenvalue weighted by Crippen LogP contribution is -2.24. The summed E-state index contributed by atoms with van der Waals surface area (Å²) in [5.74, 6) is -1.97. The van der Waals surface area contributed by atoms with Gasteiger partial charge < -0.3 is 0 Å². The highest BCUT2D eigenvalue weighted by Crippen LogP contribution is 2.19. The van der Waals surface area contributed by atoms with Crippen LogP contribution >= 0.6 is 0 Å². The first-order valence-electron chi connectivity index (χ1n) is 3.89. The minimum Gasteiger partial charge on any atom is -0.282 e. The van der Waals surface area contributed by atoms with Crippen molar-refractivity contribution in [3.05, 3.63) is 23.5 Å². The highest BCUT2D eigenvalue weighted by atomic mass is 19.4. The average molecular weight is 204 g/mol. The Morgan fingerprint density at radius 2 is 2.00 bits per heavy atom. The predicted molar refractivity (Wildman–Crippen MR) is 41.8 cm³/mol. The minimum atomic E-state index is -4.89. The van der Waals surface area contributed by atoms with Crippen LogP contribution in [0.3, 0.4) is 0 Å². The Bertz CT molecular complexity index is 331. The smallest absolute Gasteiger partial charge is 0.282 e. The van der Waals surface area contributed by atoms with Crippen LogP contribution < -0.4 is 0 Å². The maximum Gasteiger partial charge on any atom is 0.456 e. The van der Waals surface area contributed by atoms with Gasteiger partial charge in [-0.15, -0.1) is 5.10 Å². The number of hydrogen-bond donors (Lipinski definition) is 0. The lowest BCUT2D eigenvalue weighted by Gasteiger charge is -2.03. The van der Waals surface area contributed by atoms with Gasteiger partial charge in [-0.1, -0.05) is 6.92 Å². The largest absolute Gasteiger partial charge is 0.456 e. The molecular weight excluding hydrogens is 197 g/mol. The molecule has 0 fully saturated rings. The van der Waals surface area contributed by atoms with E-state index in [4.69, 9.17) is 0 Å². The van der Waals surface area contributed by atoms with Gasteiger partial charge in [0.05, 0.1) is 5.69 Å². The van der Waals surface area contributed by atoms with E-state index in [2.05, 4.69) is 10.2 Å². The van der Waals surface area contributed by atoms with Gasteiger partial charge in [-0.3, -0.25) is 4.79 Å². The molecule has 1 heterocycles. The van der Waals surface area contributed by atoms with Crippen LogP contribution in [0.4, 0.5) is 13.2 Å². The second-order valence-electron chi connectivity index (χ2n) is 2.59. The maximum atomic E-state index is 11.9. The average Bonchev–Trinajstić information content (AvgIpc) is 2.15. The van der Waals surface area contributed by atoms with Crippen LogP contribution in [0.15, 0.2) is 12.1 Å². The Balaban J connectivity index is 2.93. The van der Waals surface area contributed by atoms with E-state index >= 15 is 0 Å². The Kier molecular flexibility index (Phi) is 2.83. The molecule has 0 bridgehead atoms. The molecule has 6 heteroatoms. The molecule has 0 aromatic carbocycles. The van der Waals surface area contributed by atoms with E-state index in [0.29, 0.717) is 12.1 Å². The molecule has 0 atom stereocenters. The fourth-order valence-corrected chi connectivity index (χ4v) is 0.815. The summed E-state index contributed by atoms with van der Waals surface area (Å²) in [4.78, 5) is 10.6. The van der Waals surface area contributed by atoms with Crippen LogP contribution in [0.1, 0.15) is 23.1 Å². The maximum absolute atomic E-state index is 11.9. The summed E-state index contributed by atoms with van der Waals surface area (Å²) in [7, 11) is 0. The number of nitrogens with zero attached hydrogens (tertiary/aromatic N) is 2. The van der Waals surface area contributed by atoms with Gasteiger partial charge in [0.1, 0.15) is 5.69 Å². The fourth-order valence-electron chi connectivity index (χ4n) is 0.815. The van der Waals surface area contributed by atoms with Crippen LogP contribution in [0.5, 0.6) is 0 Å². The zero-order chi connectivity index (χ0) is 10.8. The molecule has 1 aromatic heterocycles. The van der Waals surface area contributed by atoms with Crippen LogP contribution in [-0.2, 0) is 6.42 Å². The second-order valence-corrected chi connectivity index (χ2v) is 2.59. The molecular formula is C8H7F3N2O. The molecule has 0 spiro atoms. The molecule has 0 N–H and O–H groups in total. The molecule has 0 saturated carbocycles. The molecule has 14 heavy (non-hydrogen) atoms. The Labute approximate surface area is 78.0 Å². The van der Waals surface area contributed by atoms with Gasteiger partial charge in [-0.2, -0.15) is 18.3 Å². The fraction of sp³-hybridized carbons (Fsp3) is 0.375. The number of rotatable bonds is 2. The van der Waals surface area contributed by atoms with Crippen LogP contribution in [0, 0.1) is 0 Å². The van der Waals surface area contributed by atoms with E-state index in [9.17, 15) is 18.0 Å². The molecule has 0 aliphatic heterocycles. The van der Waals surface area contributed by atoms with Gasteiger partial charge in [0, 0.05) is 0 Å². The molecule has 0 radical (unpaired) electrons. The van der Waals surface area contributed by atoms with E-state index in [0.717, 1.165) is 6.07 Å². The third kappa shape index (κ3) is 2.27. The van der Waals surface area contributed by atoms with E-state index in [-0.39, 0.29) is 0 Å². The van der Waals surface area contributed by atoms with Gasteiger partial charge >= 0.3 is 6.18 Å². The number of halogens is 3. The molecule has 0 aliphatic rings. The Morgan fingerprint density at radius 3 is 2.36 bits per heavy atom. The summed E-state index contributed by atoms with van der Waals surface area (Å²) in [6, 6.07) is 2.38. The molecule has 3 nitrogen and oxygen atoms in total. The summed E-state index contributed by atoms with van der Waals surface area (Å²) in [6.45, 7) is 1.79. The first-order valence-corrected chi connectivity index (χ1v) is 3.89. The summed E-state index contributed by atoms with van der Waals surface area (Å²) >= 11 is 0. The number of hydrogen-bond acceptors (Lipinski definition) is 3. The molecule has 0 saturated heterocycles. The normalized spacial score (nSPS) is 11.4. The van der Waals surface area contributed by atoms with Crippen LogP contribution in [0.25, 0.3) is 0 Å². The minimum absolute atomic E-state index is 0.545. The zero-order valence-electron chi connectivity index (χ0n) is 7.30. The number of alkyl halides is 3. The van der Waals surface area contributed by atoms with E-state index < -0.39 is 17.7 Å². The van der Waals surface area contributed by atoms with Crippen molar-refractivity contribution in [2.45, 2.75) is 19.5 Å². The zero-order valence-corrected chi connectivity index (χ0v) is 7.30. The van der Waals surface area contributed by atoms with Crippen molar-refractivity contribution < 1.29 is 18.0 Å². The van der Waals surface area contributed by atoms with Crippen molar-refractivity contribution in [3.8, 4) is 0 Å². The topological polar surface area (TPSA) is 42.9 Å². The second kappa shape index (κ2) is 3.73. The quantitative estimate of drug-likeness (QED) is 0.689. The first kappa shape index (κ1) is 10.6. The van der Waals surface area contributed by atoms with E-state index in [1.807, 2.05) is 0 Å². The Hall–Kier alpha value is -1.46. The van der Waals surface area contributed by atoms with E-state index in [1.165, 1.54) is 6.07 Å².